The lowest BCUT2D eigenvalue weighted by Crippen LogP contribution is -2.26. The van der Waals surface area contributed by atoms with Crippen LogP contribution in [-0.4, -0.2) is 31.9 Å². The van der Waals surface area contributed by atoms with Crippen LogP contribution >= 0.6 is 0 Å². The summed E-state index contributed by atoms with van der Waals surface area (Å²) >= 11 is 0. The first-order chi connectivity index (χ1) is 22.0. The van der Waals surface area contributed by atoms with Crippen LogP contribution < -0.4 is 10.6 Å². The summed E-state index contributed by atoms with van der Waals surface area (Å²) in [6.07, 6.45) is 1.30. The maximum Gasteiger partial charge on any atom is 0.269 e. The number of fused-ring (bicyclic) bond motifs is 4. The molecule has 1 spiro atoms. The molecule has 0 bridgehead atoms. The molecule has 4 aromatic rings. The first-order valence-electron chi connectivity index (χ1n) is 14.9. The van der Waals surface area contributed by atoms with Gasteiger partial charge in [-0.25, -0.2) is 0 Å². The Kier molecular flexibility index (Phi) is 7.07. The first-order valence-corrected chi connectivity index (χ1v) is 14.9. The number of amides is 2. The smallest absolute Gasteiger partial charge is 0.269 e. The van der Waals surface area contributed by atoms with E-state index in [4.69, 9.17) is 0 Å². The molecule has 0 radical (unpaired) electrons. The molecule has 12 nitrogen and oxygen atoms in total. The van der Waals surface area contributed by atoms with Gasteiger partial charge in [-0.2, -0.15) is 0 Å². The maximum absolute atomic E-state index is 13.0. The van der Waals surface area contributed by atoms with Crippen LogP contribution in [0.3, 0.4) is 0 Å². The van der Waals surface area contributed by atoms with E-state index in [9.17, 15) is 40.0 Å². The number of hydrogen-bond donors (Lipinski definition) is 4. The standard InChI is InChI=1S/C35H32N4O8/c1-33(2)17-35(25-15-29(40)27(13-23(25)33)36-31(42)19-5-9-21(10-6-19)38(44)45)18-34(3,4)24-14-28(30(41)16-26(24)35)37-32(43)20-7-11-22(12-8-20)39(46)47/h5-16,40-41H,17-18H2,1-4H3,(H,36,42)(H,37,43). The van der Waals surface area contributed by atoms with Crippen molar-refractivity contribution in [1.82, 2.24) is 0 Å². The molecule has 0 atom stereocenters. The van der Waals surface area contributed by atoms with E-state index in [0.29, 0.717) is 12.8 Å². The molecule has 0 heterocycles. The summed E-state index contributed by atoms with van der Waals surface area (Å²) in [6.45, 7) is 8.35. The van der Waals surface area contributed by atoms with Crippen molar-refractivity contribution in [3.05, 3.63) is 126 Å². The van der Waals surface area contributed by atoms with Crippen molar-refractivity contribution in [2.45, 2.75) is 56.8 Å². The molecule has 240 valence electrons. The Morgan fingerprint density at radius 2 is 0.957 bits per heavy atom. The third-order valence-corrected chi connectivity index (χ3v) is 9.43. The number of phenolic OH excluding ortho intramolecular Hbond substituents is 2. The maximum atomic E-state index is 13.0. The lowest BCUT2D eigenvalue weighted by molar-refractivity contribution is -0.385. The Hall–Kier alpha value is -5.78. The summed E-state index contributed by atoms with van der Waals surface area (Å²) in [7, 11) is 0. The highest BCUT2D eigenvalue weighted by atomic mass is 16.6. The lowest BCUT2D eigenvalue weighted by atomic mass is 9.72. The van der Waals surface area contributed by atoms with Crippen molar-refractivity contribution < 1.29 is 29.6 Å². The van der Waals surface area contributed by atoms with Crippen LogP contribution in [0.2, 0.25) is 0 Å². The van der Waals surface area contributed by atoms with Crippen LogP contribution in [0.5, 0.6) is 11.5 Å². The van der Waals surface area contributed by atoms with Gasteiger partial charge in [0.2, 0.25) is 0 Å². The first kappa shape index (κ1) is 31.2. The number of non-ortho nitro benzene ring substituents is 2. The molecule has 0 fully saturated rings. The highest BCUT2D eigenvalue weighted by molar-refractivity contribution is 6.06. The second kappa shape index (κ2) is 10.6. The summed E-state index contributed by atoms with van der Waals surface area (Å²) in [5.41, 5.74) is 2.76. The van der Waals surface area contributed by atoms with E-state index in [1.165, 1.54) is 48.5 Å². The van der Waals surface area contributed by atoms with Gasteiger partial charge in [-0.3, -0.25) is 29.8 Å². The lowest BCUT2D eigenvalue weighted by Gasteiger charge is -2.30. The van der Waals surface area contributed by atoms with Gasteiger partial charge in [-0.15, -0.1) is 0 Å². The van der Waals surface area contributed by atoms with E-state index in [2.05, 4.69) is 38.3 Å². The number of carbonyl (C=O) groups excluding carboxylic acids is 2. The molecule has 12 heteroatoms. The van der Waals surface area contributed by atoms with Gasteiger partial charge in [-0.05, 0) is 94.5 Å². The number of phenols is 2. The zero-order chi connectivity index (χ0) is 34.1. The summed E-state index contributed by atoms with van der Waals surface area (Å²) in [5, 5.41) is 49.9. The highest BCUT2D eigenvalue weighted by Crippen LogP contribution is 2.64. The number of nitro groups is 2. The van der Waals surface area contributed by atoms with Crippen LogP contribution in [-0.2, 0) is 16.2 Å². The second-order valence-corrected chi connectivity index (χ2v) is 13.5. The molecule has 0 unspecified atom stereocenters. The molecule has 0 aliphatic heterocycles. The van der Waals surface area contributed by atoms with E-state index in [1.54, 1.807) is 24.3 Å². The average Bonchev–Trinajstić information content (AvgIpc) is 3.36. The topological polar surface area (TPSA) is 185 Å². The monoisotopic (exact) mass is 636 g/mol. The van der Waals surface area contributed by atoms with Crippen LogP contribution in [0, 0.1) is 20.2 Å². The van der Waals surface area contributed by atoms with Crippen LogP contribution in [0.25, 0.3) is 0 Å². The zero-order valence-corrected chi connectivity index (χ0v) is 26.1. The number of nitrogens with one attached hydrogen (secondary N) is 2. The van der Waals surface area contributed by atoms with Crippen LogP contribution in [0.15, 0.2) is 72.8 Å². The largest absolute Gasteiger partial charge is 0.506 e. The molecule has 0 saturated carbocycles. The fourth-order valence-electron chi connectivity index (χ4n) is 7.43. The Labute approximate surface area is 269 Å². The summed E-state index contributed by atoms with van der Waals surface area (Å²) < 4.78 is 0. The van der Waals surface area contributed by atoms with Gasteiger partial charge in [-0.1, -0.05) is 27.7 Å². The van der Waals surface area contributed by atoms with E-state index >= 15 is 0 Å². The van der Waals surface area contributed by atoms with Gasteiger partial charge in [0.15, 0.2) is 0 Å². The Balaban J connectivity index is 1.34. The zero-order valence-electron chi connectivity index (χ0n) is 26.1. The van der Waals surface area contributed by atoms with E-state index in [1.807, 2.05) is 0 Å². The molecule has 4 aromatic carbocycles. The average molecular weight is 637 g/mol. The molecule has 2 aliphatic rings. The molecule has 6 rings (SSSR count). The summed E-state index contributed by atoms with van der Waals surface area (Å²) in [6, 6.07) is 17.2. The number of rotatable bonds is 6. The Morgan fingerprint density at radius 3 is 1.28 bits per heavy atom. The summed E-state index contributed by atoms with van der Waals surface area (Å²) in [5.74, 6) is -1.33. The number of benzene rings is 4. The minimum absolute atomic E-state index is 0.140. The van der Waals surface area contributed by atoms with Gasteiger partial charge in [0, 0.05) is 40.8 Å². The van der Waals surface area contributed by atoms with Crippen molar-refractivity contribution in [3.8, 4) is 11.5 Å². The molecule has 0 saturated heterocycles. The van der Waals surface area contributed by atoms with Gasteiger partial charge in [0.1, 0.15) is 11.5 Å². The second-order valence-electron chi connectivity index (χ2n) is 13.5. The fraction of sp³-hybridized carbons (Fsp3) is 0.257. The third-order valence-electron chi connectivity index (χ3n) is 9.43. The molecule has 47 heavy (non-hydrogen) atoms. The van der Waals surface area contributed by atoms with E-state index in [0.717, 1.165) is 22.3 Å². The van der Waals surface area contributed by atoms with Crippen LogP contribution in [0.1, 0.15) is 83.5 Å². The van der Waals surface area contributed by atoms with Gasteiger partial charge >= 0.3 is 0 Å². The van der Waals surface area contributed by atoms with E-state index in [-0.39, 0.29) is 45.4 Å². The van der Waals surface area contributed by atoms with Crippen molar-refractivity contribution in [2.75, 3.05) is 10.6 Å². The quantitative estimate of drug-likeness (QED) is 0.0983. The third kappa shape index (κ3) is 5.21. The molecular weight excluding hydrogens is 604 g/mol. The fourth-order valence-corrected chi connectivity index (χ4v) is 7.43. The minimum atomic E-state index is -0.589. The number of hydrogen-bond acceptors (Lipinski definition) is 8. The summed E-state index contributed by atoms with van der Waals surface area (Å²) in [4.78, 5) is 46.9. The minimum Gasteiger partial charge on any atom is -0.506 e. The highest BCUT2D eigenvalue weighted by Gasteiger charge is 2.56. The molecule has 2 aliphatic carbocycles. The number of aromatic hydroxyl groups is 2. The molecule has 0 aromatic heterocycles. The number of nitro benzene ring substituents is 2. The number of anilines is 2. The predicted molar refractivity (Wildman–Crippen MR) is 174 cm³/mol. The number of carbonyl (C=O) groups is 2. The van der Waals surface area contributed by atoms with Crippen molar-refractivity contribution in [2.24, 2.45) is 0 Å². The molecule has 2 amide bonds. The number of nitrogens with zero attached hydrogens (tertiary/aromatic N) is 2. The van der Waals surface area contributed by atoms with Crippen molar-refractivity contribution in [3.63, 3.8) is 0 Å². The van der Waals surface area contributed by atoms with Gasteiger partial charge in [0.25, 0.3) is 23.2 Å². The molecular formula is C35H32N4O8. The van der Waals surface area contributed by atoms with Gasteiger partial charge < -0.3 is 20.8 Å². The van der Waals surface area contributed by atoms with Crippen molar-refractivity contribution in [1.29, 1.82) is 0 Å². The molecule has 4 N–H and O–H groups in total. The van der Waals surface area contributed by atoms with Crippen LogP contribution in [0.4, 0.5) is 22.7 Å². The normalized spacial score (nSPS) is 16.3. The van der Waals surface area contributed by atoms with Gasteiger partial charge in [0.05, 0.1) is 21.2 Å². The van der Waals surface area contributed by atoms with E-state index < -0.39 is 37.9 Å². The SMILES string of the molecule is CC1(C)CC2(CC(C)(C)c3cc(NC(=O)c4ccc([N+](=O)[O-])cc4)c(O)cc32)c2cc(O)c(NC(=O)c3ccc([N+](=O)[O-])cc3)cc21. The Morgan fingerprint density at radius 1 is 0.617 bits per heavy atom. The Bertz CT molecular complexity index is 1850. The van der Waals surface area contributed by atoms with Crippen molar-refractivity contribution >= 4 is 34.6 Å². The predicted octanol–water partition coefficient (Wildman–Crippen LogP) is 7.07.